The van der Waals surface area contributed by atoms with E-state index in [2.05, 4.69) is 36.5 Å². The van der Waals surface area contributed by atoms with Crippen molar-refractivity contribution in [2.75, 3.05) is 13.2 Å². The Bertz CT molecular complexity index is 331. The lowest BCUT2D eigenvalue weighted by atomic mass is 10.0. The van der Waals surface area contributed by atoms with Gasteiger partial charge in [0.05, 0.1) is 6.61 Å². The molecule has 1 aromatic rings. The number of hydrogen-bond acceptors (Lipinski definition) is 2. The summed E-state index contributed by atoms with van der Waals surface area (Å²) in [4.78, 5) is 0. The Hall–Kier alpha value is -0.860. The first-order valence-electron chi connectivity index (χ1n) is 6.71. The van der Waals surface area contributed by atoms with Crippen molar-refractivity contribution in [1.82, 2.24) is 5.32 Å². The molecule has 1 saturated heterocycles. The van der Waals surface area contributed by atoms with Crippen molar-refractivity contribution in [1.29, 1.82) is 0 Å². The van der Waals surface area contributed by atoms with Crippen LogP contribution in [0.5, 0.6) is 0 Å². The second-order valence-electron chi connectivity index (χ2n) is 4.98. The van der Waals surface area contributed by atoms with Crippen molar-refractivity contribution in [3.63, 3.8) is 0 Å². The molecule has 2 heteroatoms. The van der Waals surface area contributed by atoms with E-state index < -0.39 is 0 Å². The second-order valence-corrected chi connectivity index (χ2v) is 4.98. The smallest absolute Gasteiger partial charge is 0.0716 e. The summed E-state index contributed by atoms with van der Waals surface area (Å²) in [6.07, 6.45) is 5.16. The van der Waals surface area contributed by atoms with Gasteiger partial charge in [0.1, 0.15) is 0 Å². The summed E-state index contributed by atoms with van der Waals surface area (Å²) in [5.74, 6) is 0. The van der Waals surface area contributed by atoms with Gasteiger partial charge in [0.2, 0.25) is 0 Å². The molecule has 0 aromatic heterocycles. The minimum atomic E-state index is 0.682. The fraction of sp³-hybridized carbons (Fsp3) is 0.600. The fourth-order valence-corrected chi connectivity index (χ4v) is 2.39. The molecular weight excluding hydrogens is 210 g/mol. The molecule has 1 heterocycles. The van der Waals surface area contributed by atoms with Gasteiger partial charge in [-0.2, -0.15) is 0 Å². The third-order valence-corrected chi connectivity index (χ3v) is 3.37. The lowest BCUT2D eigenvalue weighted by molar-refractivity contribution is 0.108. The molecule has 0 aliphatic carbocycles. The molecule has 17 heavy (non-hydrogen) atoms. The van der Waals surface area contributed by atoms with E-state index in [0.29, 0.717) is 6.04 Å². The molecule has 2 rings (SSSR count). The Labute approximate surface area is 104 Å². The van der Waals surface area contributed by atoms with Crippen LogP contribution in [-0.4, -0.2) is 19.2 Å². The largest absolute Gasteiger partial charge is 0.377 e. The quantitative estimate of drug-likeness (QED) is 0.789. The van der Waals surface area contributed by atoms with E-state index in [1.807, 2.05) is 0 Å². The molecular formula is C15H23NO. The molecule has 0 saturated carbocycles. The zero-order valence-corrected chi connectivity index (χ0v) is 10.7. The van der Waals surface area contributed by atoms with Crippen molar-refractivity contribution in [2.24, 2.45) is 0 Å². The number of ether oxygens (including phenoxy) is 1. The van der Waals surface area contributed by atoms with E-state index in [1.165, 1.54) is 36.9 Å². The van der Waals surface area contributed by atoms with E-state index in [4.69, 9.17) is 4.74 Å². The van der Waals surface area contributed by atoms with Gasteiger partial charge < -0.3 is 10.1 Å². The van der Waals surface area contributed by atoms with Crippen molar-refractivity contribution in [3.8, 4) is 0 Å². The van der Waals surface area contributed by atoms with E-state index >= 15 is 0 Å². The van der Waals surface area contributed by atoms with E-state index in [-0.39, 0.29) is 0 Å². The Morgan fingerprint density at radius 1 is 1.35 bits per heavy atom. The average Bonchev–Trinajstić information content (AvgIpc) is 2.36. The Kier molecular flexibility index (Phi) is 5.02. The molecule has 0 unspecified atom stereocenters. The van der Waals surface area contributed by atoms with Gasteiger partial charge in [-0.25, -0.2) is 0 Å². The third-order valence-electron chi connectivity index (χ3n) is 3.37. The normalized spacial score (nSPS) is 20.4. The Balaban J connectivity index is 1.62. The maximum Gasteiger partial charge on any atom is 0.0716 e. The van der Waals surface area contributed by atoms with Crippen molar-refractivity contribution in [3.05, 3.63) is 35.4 Å². The number of nitrogens with one attached hydrogen (secondary N) is 1. The first-order valence-corrected chi connectivity index (χ1v) is 6.71. The molecule has 1 N–H and O–H groups in total. The summed E-state index contributed by atoms with van der Waals surface area (Å²) < 4.78 is 5.74. The molecule has 1 fully saturated rings. The molecule has 1 aliphatic rings. The van der Waals surface area contributed by atoms with E-state index in [0.717, 1.165) is 19.6 Å². The van der Waals surface area contributed by atoms with Gasteiger partial charge in [0, 0.05) is 12.6 Å². The zero-order valence-electron chi connectivity index (χ0n) is 10.7. The number of rotatable bonds is 5. The second kappa shape index (κ2) is 6.77. The van der Waals surface area contributed by atoms with Crippen molar-refractivity contribution >= 4 is 0 Å². The number of aryl methyl sites for hydroxylation is 1. The van der Waals surface area contributed by atoms with Crippen LogP contribution in [0.1, 0.15) is 36.8 Å². The summed E-state index contributed by atoms with van der Waals surface area (Å²) in [6, 6.07) is 9.22. The zero-order chi connectivity index (χ0) is 11.9. The molecule has 0 spiro atoms. The van der Waals surface area contributed by atoms with Crippen LogP contribution in [0.2, 0.25) is 0 Å². The van der Waals surface area contributed by atoms with Crippen molar-refractivity contribution in [2.45, 2.75) is 45.3 Å². The topological polar surface area (TPSA) is 21.3 Å². The standard InChI is InChI=1S/C15H23NO/c1-13-5-4-6-14(11-13)12-17-10-8-15-7-2-3-9-16-15/h4-6,11,15-16H,2-3,7-10,12H2,1H3/t15-/m0/s1. The van der Waals surface area contributed by atoms with Gasteiger partial charge in [-0.1, -0.05) is 36.2 Å². The summed E-state index contributed by atoms with van der Waals surface area (Å²) in [6.45, 7) is 4.91. The number of piperidine rings is 1. The molecule has 0 radical (unpaired) electrons. The van der Waals surface area contributed by atoms with Gasteiger partial charge in [-0.15, -0.1) is 0 Å². The van der Waals surface area contributed by atoms with Crippen LogP contribution >= 0.6 is 0 Å². The predicted molar refractivity (Wildman–Crippen MR) is 71.1 cm³/mol. The Morgan fingerprint density at radius 3 is 3.06 bits per heavy atom. The SMILES string of the molecule is Cc1cccc(COCC[C@@H]2CCCCN2)c1. The van der Waals surface area contributed by atoms with Crippen LogP contribution in [0, 0.1) is 6.92 Å². The molecule has 1 aromatic carbocycles. The first kappa shape index (κ1) is 12.6. The van der Waals surface area contributed by atoms with E-state index in [9.17, 15) is 0 Å². The van der Waals surface area contributed by atoms with Gasteiger partial charge in [-0.05, 0) is 38.3 Å². The highest BCUT2D eigenvalue weighted by molar-refractivity contribution is 5.21. The van der Waals surface area contributed by atoms with Crippen LogP contribution in [0.25, 0.3) is 0 Å². The van der Waals surface area contributed by atoms with Crippen LogP contribution in [0.3, 0.4) is 0 Å². The monoisotopic (exact) mass is 233 g/mol. The minimum absolute atomic E-state index is 0.682. The molecule has 0 bridgehead atoms. The highest BCUT2D eigenvalue weighted by Gasteiger charge is 2.11. The van der Waals surface area contributed by atoms with Gasteiger partial charge in [0.25, 0.3) is 0 Å². The molecule has 1 aliphatic heterocycles. The lowest BCUT2D eigenvalue weighted by Crippen LogP contribution is -2.34. The van der Waals surface area contributed by atoms with E-state index in [1.54, 1.807) is 0 Å². The number of benzene rings is 1. The molecule has 0 amide bonds. The maximum absolute atomic E-state index is 5.74. The summed E-state index contributed by atoms with van der Waals surface area (Å²) in [5.41, 5.74) is 2.58. The summed E-state index contributed by atoms with van der Waals surface area (Å²) >= 11 is 0. The predicted octanol–water partition coefficient (Wildman–Crippen LogP) is 3.04. The minimum Gasteiger partial charge on any atom is -0.377 e. The summed E-state index contributed by atoms with van der Waals surface area (Å²) in [7, 11) is 0. The number of hydrogen-bond donors (Lipinski definition) is 1. The van der Waals surface area contributed by atoms with Crippen LogP contribution in [0.15, 0.2) is 24.3 Å². The van der Waals surface area contributed by atoms with Gasteiger partial charge in [0.15, 0.2) is 0 Å². The van der Waals surface area contributed by atoms with Crippen LogP contribution < -0.4 is 5.32 Å². The Morgan fingerprint density at radius 2 is 2.29 bits per heavy atom. The van der Waals surface area contributed by atoms with Crippen molar-refractivity contribution < 1.29 is 4.74 Å². The highest BCUT2D eigenvalue weighted by atomic mass is 16.5. The summed E-state index contributed by atoms with van der Waals surface area (Å²) in [5, 5.41) is 3.55. The first-order chi connectivity index (χ1) is 8.34. The van der Waals surface area contributed by atoms with Crippen LogP contribution in [-0.2, 0) is 11.3 Å². The molecule has 94 valence electrons. The molecule has 1 atom stereocenters. The van der Waals surface area contributed by atoms with Gasteiger partial charge >= 0.3 is 0 Å². The fourth-order valence-electron chi connectivity index (χ4n) is 2.39. The van der Waals surface area contributed by atoms with Gasteiger partial charge in [-0.3, -0.25) is 0 Å². The lowest BCUT2D eigenvalue weighted by Gasteiger charge is -2.23. The average molecular weight is 233 g/mol. The highest BCUT2D eigenvalue weighted by Crippen LogP contribution is 2.11. The van der Waals surface area contributed by atoms with Crippen LogP contribution in [0.4, 0.5) is 0 Å². The maximum atomic E-state index is 5.74. The third kappa shape index (κ3) is 4.49. The molecule has 2 nitrogen and oxygen atoms in total.